The van der Waals surface area contributed by atoms with Gasteiger partial charge in [-0.2, -0.15) is 4.31 Å². The minimum absolute atomic E-state index is 0.00360. The summed E-state index contributed by atoms with van der Waals surface area (Å²) in [5.74, 6) is -0.525. The molecule has 27 heavy (non-hydrogen) atoms. The van der Waals surface area contributed by atoms with Gasteiger partial charge < -0.3 is 0 Å². The Balaban J connectivity index is 1.61. The average Bonchev–Trinajstić information content (AvgIpc) is 2.59. The zero-order chi connectivity index (χ0) is 19.2. The Labute approximate surface area is 157 Å². The number of sulfone groups is 1. The summed E-state index contributed by atoms with van der Waals surface area (Å²) in [5.41, 5.74) is 0. The Morgan fingerprint density at radius 1 is 0.815 bits per heavy atom. The van der Waals surface area contributed by atoms with E-state index < -0.39 is 30.9 Å². The van der Waals surface area contributed by atoms with Crippen LogP contribution in [0.5, 0.6) is 0 Å². The molecular formula is C19H16FNO4S2. The van der Waals surface area contributed by atoms with Crippen LogP contribution < -0.4 is 0 Å². The van der Waals surface area contributed by atoms with Crippen LogP contribution in [0, 0.1) is 5.82 Å². The highest BCUT2D eigenvalue weighted by Gasteiger charge is 2.44. The Morgan fingerprint density at radius 3 is 2.15 bits per heavy atom. The monoisotopic (exact) mass is 405 g/mol. The van der Waals surface area contributed by atoms with Crippen LogP contribution >= 0.6 is 0 Å². The van der Waals surface area contributed by atoms with Crippen LogP contribution in [0.25, 0.3) is 10.8 Å². The van der Waals surface area contributed by atoms with Gasteiger partial charge in [-0.05, 0) is 35.7 Å². The van der Waals surface area contributed by atoms with Gasteiger partial charge in [-0.1, -0.05) is 36.4 Å². The number of halogens is 1. The average molecular weight is 405 g/mol. The summed E-state index contributed by atoms with van der Waals surface area (Å²) in [6.07, 6.45) is 0. The first-order chi connectivity index (χ1) is 12.8. The zero-order valence-corrected chi connectivity index (χ0v) is 15.8. The van der Waals surface area contributed by atoms with E-state index in [2.05, 4.69) is 0 Å². The molecule has 4 rings (SSSR count). The van der Waals surface area contributed by atoms with Gasteiger partial charge in [0.05, 0.1) is 15.0 Å². The maximum absolute atomic E-state index is 13.0. The Kier molecular flexibility index (Phi) is 4.29. The number of nitrogens with zero attached hydrogens (tertiary/aromatic N) is 1. The molecule has 8 heteroatoms. The van der Waals surface area contributed by atoms with E-state index in [9.17, 15) is 21.2 Å². The SMILES string of the molecule is O=S(=O)(c1ccc(F)cc1)C1CN(S(=O)(=O)c2cccc3ccccc23)C1. The van der Waals surface area contributed by atoms with Gasteiger partial charge in [0.1, 0.15) is 5.82 Å². The van der Waals surface area contributed by atoms with Gasteiger partial charge in [-0.3, -0.25) is 0 Å². The molecule has 0 radical (unpaired) electrons. The van der Waals surface area contributed by atoms with Crippen LogP contribution in [-0.2, 0) is 19.9 Å². The summed E-state index contributed by atoms with van der Waals surface area (Å²) in [7, 11) is -7.51. The standard InChI is InChI=1S/C19H16FNO4S2/c20-15-8-10-16(11-9-15)26(22,23)17-12-21(13-17)27(24,25)19-7-3-5-14-4-1-2-6-18(14)19/h1-11,17H,12-13H2. The molecule has 0 N–H and O–H groups in total. The second-order valence-electron chi connectivity index (χ2n) is 6.42. The van der Waals surface area contributed by atoms with Gasteiger partial charge in [0.15, 0.2) is 9.84 Å². The van der Waals surface area contributed by atoms with E-state index in [1.807, 2.05) is 18.2 Å². The largest absolute Gasteiger partial charge is 0.243 e. The first-order valence-corrected chi connectivity index (χ1v) is 11.3. The van der Waals surface area contributed by atoms with Crippen LogP contribution in [0.4, 0.5) is 4.39 Å². The van der Waals surface area contributed by atoms with Gasteiger partial charge in [0.25, 0.3) is 0 Å². The first-order valence-electron chi connectivity index (χ1n) is 8.27. The predicted molar refractivity (Wildman–Crippen MR) is 100 cm³/mol. The maximum atomic E-state index is 13.0. The van der Waals surface area contributed by atoms with Crippen LogP contribution in [0.1, 0.15) is 0 Å². The third kappa shape index (κ3) is 3.03. The second kappa shape index (κ2) is 6.40. The minimum Gasteiger partial charge on any atom is -0.223 e. The van der Waals surface area contributed by atoms with Crippen molar-refractivity contribution in [2.24, 2.45) is 0 Å². The summed E-state index contributed by atoms with van der Waals surface area (Å²) in [6.45, 7) is -0.240. The van der Waals surface area contributed by atoms with E-state index in [1.54, 1.807) is 18.2 Å². The zero-order valence-electron chi connectivity index (χ0n) is 14.1. The molecule has 0 saturated carbocycles. The van der Waals surface area contributed by atoms with Crippen molar-refractivity contribution in [3.05, 3.63) is 72.5 Å². The van der Waals surface area contributed by atoms with Gasteiger partial charge in [-0.15, -0.1) is 0 Å². The van der Waals surface area contributed by atoms with E-state index in [0.717, 1.165) is 17.5 Å². The van der Waals surface area contributed by atoms with Crippen LogP contribution in [0.2, 0.25) is 0 Å². The van der Waals surface area contributed by atoms with Crippen LogP contribution in [-0.4, -0.2) is 39.5 Å². The molecule has 3 aromatic rings. The van der Waals surface area contributed by atoms with Crippen molar-refractivity contribution in [1.29, 1.82) is 0 Å². The summed E-state index contributed by atoms with van der Waals surface area (Å²) >= 11 is 0. The van der Waals surface area contributed by atoms with E-state index in [0.29, 0.717) is 5.39 Å². The quantitative estimate of drug-likeness (QED) is 0.626. The molecule has 1 heterocycles. The molecule has 3 aromatic carbocycles. The number of benzene rings is 3. The Bertz CT molecular complexity index is 1210. The van der Waals surface area contributed by atoms with Crippen LogP contribution in [0.3, 0.4) is 0 Å². The number of fused-ring (bicyclic) bond motifs is 1. The van der Waals surface area contributed by atoms with Crippen molar-refractivity contribution in [3.63, 3.8) is 0 Å². The summed E-state index contributed by atoms with van der Waals surface area (Å²) in [6, 6.07) is 16.7. The molecule has 1 aliphatic heterocycles. The number of hydrogen-bond acceptors (Lipinski definition) is 4. The van der Waals surface area contributed by atoms with Crippen molar-refractivity contribution in [1.82, 2.24) is 4.31 Å². The van der Waals surface area contributed by atoms with E-state index in [1.165, 1.54) is 22.5 Å². The molecule has 140 valence electrons. The summed E-state index contributed by atoms with van der Waals surface area (Å²) in [4.78, 5) is 0.161. The third-order valence-corrected chi connectivity index (χ3v) is 8.76. The molecule has 5 nitrogen and oxygen atoms in total. The van der Waals surface area contributed by atoms with Crippen molar-refractivity contribution >= 4 is 30.6 Å². The fourth-order valence-electron chi connectivity index (χ4n) is 3.17. The topological polar surface area (TPSA) is 71.5 Å². The van der Waals surface area contributed by atoms with Crippen molar-refractivity contribution in [3.8, 4) is 0 Å². The third-order valence-electron chi connectivity index (χ3n) is 4.76. The van der Waals surface area contributed by atoms with E-state index in [4.69, 9.17) is 0 Å². The van der Waals surface area contributed by atoms with Crippen molar-refractivity contribution in [2.75, 3.05) is 13.1 Å². The van der Waals surface area contributed by atoms with Crippen molar-refractivity contribution in [2.45, 2.75) is 15.0 Å². The smallest absolute Gasteiger partial charge is 0.223 e. The molecule has 0 atom stereocenters. The lowest BCUT2D eigenvalue weighted by molar-refractivity contribution is 0.310. The highest BCUT2D eigenvalue weighted by Crippen LogP contribution is 2.31. The molecular weight excluding hydrogens is 389 g/mol. The highest BCUT2D eigenvalue weighted by molar-refractivity contribution is 7.92. The lowest BCUT2D eigenvalue weighted by atomic mass is 10.1. The van der Waals surface area contributed by atoms with E-state index in [-0.39, 0.29) is 22.9 Å². The maximum Gasteiger partial charge on any atom is 0.243 e. The fraction of sp³-hybridized carbons (Fsp3) is 0.158. The molecule has 0 amide bonds. The van der Waals surface area contributed by atoms with Gasteiger partial charge in [-0.25, -0.2) is 21.2 Å². The highest BCUT2D eigenvalue weighted by atomic mass is 32.2. The molecule has 1 fully saturated rings. The summed E-state index contributed by atoms with van der Waals surface area (Å²) in [5, 5.41) is 0.562. The minimum atomic E-state index is -3.80. The first kappa shape index (κ1) is 18.1. The molecule has 0 spiro atoms. The molecule has 1 saturated heterocycles. The molecule has 0 unspecified atom stereocenters. The Hall–Kier alpha value is -2.29. The molecule has 0 aromatic heterocycles. The predicted octanol–water partition coefficient (Wildman–Crippen LogP) is 2.83. The van der Waals surface area contributed by atoms with Crippen molar-refractivity contribution < 1.29 is 21.2 Å². The van der Waals surface area contributed by atoms with Gasteiger partial charge in [0.2, 0.25) is 10.0 Å². The molecule has 1 aliphatic rings. The fourth-order valence-corrected chi connectivity index (χ4v) is 6.76. The van der Waals surface area contributed by atoms with Crippen LogP contribution in [0.15, 0.2) is 76.5 Å². The second-order valence-corrected chi connectivity index (χ2v) is 10.6. The Morgan fingerprint density at radius 2 is 1.44 bits per heavy atom. The normalized spacial score (nSPS) is 16.3. The molecule has 0 aliphatic carbocycles. The lowest BCUT2D eigenvalue weighted by Crippen LogP contribution is -2.56. The van der Waals surface area contributed by atoms with Gasteiger partial charge in [0, 0.05) is 18.5 Å². The van der Waals surface area contributed by atoms with Gasteiger partial charge >= 0.3 is 0 Å². The number of hydrogen-bond donors (Lipinski definition) is 0. The lowest BCUT2D eigenvalue weighted by Gasteiger charge is -2.37. The number of sulfonamides is 1. The molecule has 0 bridgehead atoms. The van der Waals surface area contributed by atoms with E-state index >= 15 is 0 Å². The summed E-state index contributed by atoms with van der Waals surface area (Å²) < 4.78 is 65.3. The number of rotatable bonds is 4.